The van der Waals surface area contributed by atoms with Gasteiger partial charge in [-0.3, -0.25) is 5.01 Å². The van der Waals surface area contributed by atoms with Gasteiger partial charge in [-0.25, -0.2) is 4.68 Å². The summed E-state index contributed by atoms with van der Waals surface area (Å²) in [6.45, 7) is 1.16. The van der Waals surface area contributed by atoms with Gasteiger partial charge in [0.2, 0.25) is 0 Å². The normalized spacial score (nSPS) is 10.6. The number of ether oxygens (including phenoxy) is 1. The van der Waals surface area contributed by atoms with E-state index in [1.165, 1.54) is 0 Å². The SMILES string of the molecule is N#Cc1ccc(N(Cc2ccc3cc(OCc4ccccc4)ccc3c2)n2cnnc2)cc1. The van der Waals surface area contributed by atoms with Crippen LogP contribution >= 0.6 is 0 Å². The zero-order valence-corrected chi connectivity index (χ0v) is 17.9. The van der Waals surface area contributed by atoms with E-state index in [0.29, 0.717) is 18.7 Å². The van der Waals surface area contributed by atoms with Gasteiger partial charge in [0, 0.05) is 0 Å². The molecule has 0 aliphatic carbocycles. The van der Waals surface area contributed by atoms with Crippen LogP contribution in [-0.4, -0.2) is 14.9 Å². The highest BCUT2D eigenvalue weighted by Crippen LogP contribution is 2.25. The molecule has 1 heterocycles. The molecule has 1 aromatic heterocycles. The number of benzene rings is 4. The third-order valence-corrected chi connectivity index (χ3v) is 5.44. The lowest BCUT2D eigenvalue weighted by molar-refractivity contribution is 0.306. The van der Waals surface area contributed by atoms with E-state index >= 15 is 0 Å². The largest absolute Gasteiger partial charge is 0.489 e. The molecule has 4 aromatic carbocycles. The van der Waals surface area contributed by atoms with Crippen LogP contribution in [0.25, 0.3) is 10.8 Å². The van der Waals surface area contributed by atoms with Crippen molar-refractivity contribution in [2.75, 3.05) is 5.01 Å². The van der Waals surface area contributed by atoms with Gasteiger partial charge >= 0.3 is 0 Å². The van der Waals surface area contributed by atoms with Crippen molar-refractivity contribution >= 4 is 16.5 Å². The zero-order valence-electron chi connectivity index (χ0n) is 17.9. The van der Waals surface area contributed by atoms with Crippen LogP contribution in [0.5, 0.6) is 5.75 Å². The average molecular weight is 431 g/mol. The van der Waals surface area contributed by atoms with Crippen LogP contribution in [0, 0.1) is 11.3 Å². The molecule has 5 rings (SSSR count). The van der Waals surface area contributed by atoms with E-state index in [4.69, 9.17) is 10.00 Å². The van der Waals surface area contributed by atoms with Crippen molar-refractivity contribution in [2.24, 2.45) is 0 Å². The molecular weight excluding hydrogens is 410 g/mol. The van der Waals surface area contributed by atoms with Crippen LogP contribution in [-0.2, 0) is 13.2 Å². The Morgan fingerprint density at radius 3 is 2.27 bits per heavy atom. The molecule has 6 heteroatoms. The molecule has 0 N–H and O–H groups in total. The van der Waals surface area contributed by atoms with E-state index in [-0.39, 0.29) is 0 Å². The lowest BCUT2D eigenvalue weighted by atomic mass is 10.1. The van der Waals surface area contributed by atoms with Gasteiger partial charge < -0.3 is 4.74 Å². The van der Waals surface area contributed by atoms with Gasteiger partial charge in [0.1, 0.15) is 25.0 Å². The quantitative estimate of drug-likeness (QED) is 0.347. The number of hydrogen-bond acceptors (Lipinski definition) is 5. The van der Waals surface area contributed by atoms with Crippen LogP contribution in [0.4, 0.5) is 5.69 Å². The summed E-state index contributed by atoms with van der Waals surface area (Å²) in [5.74, 6) is 0.850. The lowest BCUT2D eigenvalue weighted by Crippen LogP contribution is -2.27. The Kier molecular flexibility index (Phi) is 5.68. The van der Waals surface area contributed by atoms with Crippen molar-refractivity contribution in [3.05, 3.63) is 120 Å². The first-order chi connectivity index (χ1) is 16.3. The van der Waals surface area contributed by atoms with E-state index in [9.17, 15) is 0 Å². The van der Waals surface area contributed by atoms with Crippen molar-refractivity contribution in [3.8, 4) is 11.8 Å². The molecule has 0 saturated carbocycles. The highest BCUT2D eigenvalue weighted by Gasteiger charge is 2.11. The molecule has 0 unspecified atom stereocenters. The summed E-state index contributed by atoms with van der Waals surface area (Å²) in [4.78, 5) is 0. The Labute approximate surface area is 191 Å². The molecule has 0 aliphatic rings. The topological polar surface area (TPSA) is 67.0 Å². The molecular formula is C27H21N5O. The summed E-state index contributed by atoms with van der Waals surface area (Å²) in [6, 6.07) is 32.4. The van der Waals surface area contributed by atoms with Gasteiger partial charge in [0.05, 0.1) is 23.9 Å². The number of fused-ring (bicyclic) bond motifs is 1. The van der Waals surface area contributed by atoms with E-state index in [2.05, 4.69) is 63.7 Å². The molecule has 6 nitrogen and oxygen atoms in total. The zero-order chi connectivity index (χ0) is 22.5. The fourth-order valence-corrected chi connectivity index (χ4v) is 3.71. The van der Waals surface area contributed by atoms with Gasteiger partial charge in [0.15, 0.2) is 0 Å². The van der Waals surface area contributed by atoms with Crippen molar-refractivity contribution in [1.82, 2.24) is 14.9 Å². The summed E-state index contributed by atoms with van der Waals surface area (Å²) >= 11 is 0. The second-order valence-corrected chi connectivity index (χ2v) is 7.68. The van der Waals surface area contributed by atoms with Crippen LogP contribution in [0.2, 0.25) is 0 Å². The minimum absolute atomic E-state index is 0.545. The molecule has 0 amide bonds. The van der Waals surface area contributed by atoms with Crippen LogP contribution < -0.4 is 9.75 Å². The molecule has 0 radical (unpaired) electrons. The van der Waals surface area contributed by atoms with Crippen molar-refractivity contribution in [3.63, 3.8) is 0 Å². The summed E-state index contributed by atoms with van der Waals surface area (Å²) in [5, 5.41) is 21.3. The molecule has 33 heavy (non-hydrogen) atoms. The maximum atomic E-state index is 9.10. The third kappa shape index (κ3) is 4.68. The second kappa shape index (κ2) is 9.25. The minimum Gasteiger partial charge on any atom is -0.489 e. The van der Waals surface area contributed by atoms with Crippen LogP contribution in [0.1, 0.15) is 16.7 Å². The Hall–Kier alpha value is -4.63. The Morgan fingerprint density at radius 1 is 0.788 bits per heavy atom. The van der Waals surface area contributed by atoms with Crippen molar-refractivity contribution in [1.29, 1.82) is 5.26 Å². The van der Waals surface area contributed by atoms with Crippen molar-refractivity contribution in [2.45, 2.75) is 13.2 Å². The number of hydrogen-bond donors (Lipinski definition) is 0. The molecule has 0 spiro atoms. The van der Waals surface area contributed by atoms with Gasteiger partial charge in [-0.05, 0) is 64.4 Å². The number of anilines is 1. The minimum atomic E-state index is 0.545. The number of nitriles is 1. The number of nitrogens with zero attached hydrogens (tertiary/aromatic N) is 5. The van der Waals surface area contributed by atoms with E-state index in [1.807, 2.05) is 53.2 Å². The Bertz CT molecular complexity index is 1390. The van der Waals surface area contributed by atoms with Crippen LogP contribution in [0.15, 0.2) is 104 Å². The number of rotatable bonds is 7. The van der Waals surface area contributed by atoms with Gasteiger partial charge in [0.25, 0.3) is 0 Å². The molecule has 0 saturated heterocycles. The molecule has 0 aliphatic heterocycles. The predicted molar refractivity (Wildman–Crippen MR) is 127 cm³/mol. The second-order valence-electron chi connectivity index (χ2n) is 7.68. The predicted octanol–water partition coefficient (Wildman–Crippen LogP) is 5.35. The molecule has 5 aromatic rings. The van der Waals surface area contributed by atoms with E-state index in [0.717, 1.165) is 33.3 Å². The van der Waals surface area contributed by atoms with E-state index in [1.54, 1.807) is 12.7 Å². The van der Waals surface area contributed by atoms with Crippen LogP contribution in [0.3, 0.4) is 0 Å². The summed E-state index contributed by atoms with van der Waals surface area (Å²) < 4.78 is 7.81. The monoisotopic (exact) mass is 431 g/mol. The Balaban J connectivity index is 1.37. The maximum absolute atomic E-state index is 9.10. The summed E-state index contributed by atoms with van der Waals surface area (Å²) in [6.07, 6.45) is 3.32. The summed E-state index contributed by atoms with van der Waals surface area (Å²) in [7, 11) is 0. The average Bonchev–Trinajstić information content (AvgIpc) is 3.41. The standard InChI is InChI=1S/C27H21N5O/c28-16-21-7-11-26(12-8-21)32(31-19-29-30-20-31)17-23-6-9-25-15-27(13-10-24(25)14-23)33-18-22-4-2-1-3-5-22/h1-15,19-20H,17-18H2. The highest BCUT2D eigenvalue weighted by molar-refractivity contribution is 5.84. The first kappa shape index (κ1) is 20.3. The molecule has 0 atom stereocenters. The highest BCUT2D eigenvalue weighted by atomic mass is 16.5. The van der Waals surface area contributed by atoms with Crippen molar-refractivity contribution < 1.29 is 4.74 Å². The smallest absolute Gasteiger partial charge is 0.139 e. The fourth-order valence-electron chi connectivity index (χ4n) is 3.71. The summed E-state index contributed by atoms with van der Waals surface area (Å²) in [5.41, 5.74) is 3.85. The van der Waals surface area contributed by atoms with Gasteiger partial charge in [-0.1, -0.05) is 48.5 Å². The maximum Gasteiger partial charge on any atom is 0.139 e. The van der Waals surface area contributed by atoms with E-state index < -0.39 is 0 Å². The molecule has 0 fully saturated rings. The fraction of sp³-hybridized carbons (Fsp3) is 0.0741. The number of aromatic nitrogens is 3. The molecule has 0 bridgehead atoms. The van der Waals surface area contributed by atoms with Gasteiger partial charge in [-0.2, -0.15) is 5.26 Å². The first-order valence-electron chi connectivity index (χ1n) is 10.6. The Morgan fingerprint density at radius 2 is 1.52 bits per heavy atom. The third-order valence-electron chi connectivity index (χ3n) is 5.44. The molecule has 160 valence electrons. The first-order valence-corrected chi connectivity index (χ1v) is 10.6. The lowest BCUT2D eigenvalue weighted by Gasteiger charge is -2.25. The van der Waals surface area contributed by atoms with Gasteiger partial charge in [-0.15, -0.1) is 10.2 Å².